The van der Waals surface area contributed by atoms with Crippen LogP contribution >= 0.6 is 0 Å². The average molecular weight is 787 g/mol. The van der Waals surface area contributed by atoms with Crippen LogP contribution in [0, 0.1) is 0 Å². The number of phenols is 11. The molecule has 6 rings (SSSR count). The van der Waals surface area contributed by atoms with E-state index in [9.17, 15) is 85.6 Å². The van der Waals surface area contributed by atoms with E-state index in [0.717, 1.165) is 0 Å². The van der Waals surface area contributed by atoms with Crippen molar-refractivity contribution in [2.45, 2.75) is 30.7 Å². The molecule has 0 spiro atoms. The fourth-order valence-corrected chi connectivity index (χ4v) is 5.66. The molecule has 2 aliphatic rings. The van der Waals surface area contributed by atoms with Gasteiger partial charge in [-0.2, -0.15) is 0 Å². The highest BCUT2D eigenvalue weighted by Gasteiger charge is 2.50. The highest BCUT2D eigenvalue weighted by Crippen LogP contribution is 2.53. The lowest BCUT2D eigenvalue weighted by Crippen LogP contribution is -2.61. The van der Waals surface area contributed by atoms with Crippen molar-refractivity contribution in [3.05, 3.63) is 58.7 Å². The van der Waals surface area contributed by atoms with Gasteiger partial charge in [0.05, 0.1) is 22.3 Å². The average Bonchev–Trinajstić information content (AvgIpc) is 3.15. The van der Waals surface area contributed by atoms with Crippen LogP contribution in [0.4, 0.5) is 0 Å². The van der Waals surface area contributed by atoms with Crippen LogP contribution in [-0.2, 0) is 18.9 Å². The number of phenolic OH excluding ortho intramolecular Hbond substituents is 11. The van der Waals surface area contributed by atoms with Gasteiger partial charge in [-0.05, 0) is 30.3 Å². The van der Waals surface area contributed by atoms with Gasteiger partial charge in [-0.1, -0.05) is 0 Å². The summed E-state index contributed by atoms with van der Waals surface area (Å²) >= 11 is 0. The molecule has 4 aromatic carbocycles. The monoisotopic (exact) mass is 786 g/mol. The third-order valence-corrected chi connectivity index (χ3v) is 8.48. The quantitative estimate of drug-likeness (QED) is 0.0573. The maximum atomic E-state index is 14.0. The maximum absolute atomic E-state index is 14.0. The van der Waals surface area contributed by atoms with Gasteiger partial charge < -0.3 is 90.1 Å². The van der Waals surface area contributed by atoms with Crippen molar-refractivity contribution in [1.82, 2.24) is 0 Å². The molecule has 13 N–H and O–H groups in total. The SMILES string of the molecule is O=C(Oc1cc2c(c(O)c1O)-c1c(cc(O)c(O)c1O)C(=O)OCC1O[C@@H](OC(=O)c3cc(O)c(O)c(O)c3)[C@H](O)C(OC2=O)[C@@H]1O)c1cc(O)c(O)c(O)c1. The van der Waals surface area contributed by atoms with Gasteiger partial charge in [0.15, 0.2) is 69.7 Å². The predicted molar refractivity (Wildman–Crippen MR) is 174 cm³/mol. The van der Waals surface area contributed by atoms with E-state index < -0.39 is 164 Å². The van der Waals surface area contributed by atoms with Crippen LogP contribution in [0.1, 0.15) is 41.4 Å². The molecule has 1 saturated heterocycles. The Labute approximate surface area is 309 Å². The second-order valence-corrected chi connectivity index (χ2v) is 12.0. The number of carbonyl (C=O) groups is 4. The van der Waals surface area contributed by atoms with E-state index in [2.05, 4.69) is 0 Å². The zero-order chi connectivity index (χ0) is 41.1. The van der Waals surface area contributed by atoms with Gasteiger partial charge in [-0.25, -0.2) is 19.2 Å². The van der Waals surface area contributed by atoms with Gasteiger partial charge in [0.1, 0.15) is 18.8 Å². The molecule has 22 heteroatoms. The van der Waals surface area contributed by atoms with Crippen LogP contribution in [0.25, 0.3) is 11.1 Å². The highest BCUT2D eigenvalue weighted by molar-refractivity contribution is 6.08. The van der Waals surface area contributed by atoms with Crippen LogP contribution < -0.4 is 4.74 Å². The molecule has 2 aliphatic heterocycles. The summed E-state index contributed by atoms with van der Waals surface area (Å²) in [5, 5.41) is 135. The number of aliphatic hydroxyl groups is 2. The lowest BCUT2D eigenvalue weighted by Gasteiger charge is -2.41. The molecule has 1 fully saturated rings. The molecule has 56 heavy (non-hydrogen) atoms. The Morgan fingerprint density at radius 3 is 1.61 bits per heavy atom. The third kappa shape index (κ3) is 6.50. The number of carbonyl (C=O) groups excluding carboxylic acids is 4. The summed E-state index contributed by atoms with van der Waals surface area (Å²) in [4.78, 5) is 53.4. The first kappa shape index (κ1) is 38.2. The second-order valence-electron chi connectivity index (χ2n) is 12.0. The normalized spacial score (nSPS) is 20.6. The smallest absolute Gasteiger partial charge is 0.343 e. The first-order valence-corrected chi connectivity index (χ1v) is 15.5. The molecule has 0 radical (unpaired) electrons. The van der Waals surface area contributed by atoms with Gasteiger partial charge >= 0.3 is 23.9 Å². The van der Waals surface area contributed by atoms with E-state index in [-0.39, 0.29) is 0 Å². The number of rotatable bonds is 4. The minimum absolute atomic E-state index is 0.464. The van der Waals surface area contributed by atoms with Gasteiger partial charge in [-0.15, -0.1) is 0 Å². The van der Waals surface area contributed by atoms with Crippen molar-refractivity contribution >= 4 is 23.9 Å². The number of hydrogen-bond acceptors (Lipinski definition) is 22. The fourth-order valence-electron chi connectivity index (χ4n) is 5.66. The van der Waals surface area contributed by atoms with E-state index in [0.29, 0.717) is 36.4 Å². The minimum Gasteiger partial charge on any atom is -0.504 e. The summed E-state index contributed by atoms with van der Waals surface area (Å²) in [6.07, 6.45) is -10.8. The molecule has 2 heterocycles. The number of ether oxygens (including phenoxy) is 5. The summed E-state index contributed by atoms with van der Waals surface area (Å²) in [7, 11) is 0. The first-order valence-electron chi connectivity index (χ1n) is 15.5. The largest absolute Gasteiger partial charge is 0.504 e. The number of hydrogen-bond donors (Lipinski definition) is 13. The molecular weight excluding hydrogens is 760 g/mol. The molecule has 294 valence electrons. The first-order chi connectivity index (χ1) is 26.3. The van der Waals surface area contributed by atoms with Crippen LogP contribution in [0.15, 0.2) is 36.4 Å². The lowest BCUT2D eigenvalue weighted by atomic mass is 9.91. The number of aliphatic hydroxyl groups excluding tert-OH is 2. The third-order valence-electron chi connectivity index (χ3n) is 8.48. The van der Waals surface area contributed by atoms with E-state index in [4.69, 9.17) is 23.7 Å². The van der Waals surface area contributed by atoms with Crippen LogP contribution in [0.2, 0.25) is 0 Å². The Balaban J connectivity index is 1.47. The zero-order valence-corrected chi connectivity index (χ0v) is 27.5. The Bertz CT molecular complexity index is 2290. The van der Waals surface area contributed by atoms with Gasteiger partial charge in [0, 0.05) is 17.2 Å². The van der Waals surface area contributed by atoms with E-state index in [1.54, 1.807) is 0 Å². The Kier molecular flexibility index (Phi) is 9.55. The van der Waals surface area contributed by atoms with Crippen LogP contribution in [-0.4, -0.2) is 128 Å². The standard InChI is InChI=1S/C34H26O22/c35-12-1-8(2-13(36)21(12)40)30(48)53-17-6-11-20(27(46)24(17)43)19-10(5-16(39)23(42)26(19)45)32(50)52-7-18-25(44)29(55-33(11)51)28(47)34(54-18)56-31(49)9-3-14(37)22(41)15(38)4-9/h1-6,18,25,28-29,34-47H,7H2/t18?,25-,28-,29?,34+/m1/s1. The van der Waals surface area contributed by atoms with Crippen LogP contribution in [0.5, 0.6) is 69.0 Å². The number of fused-ring (bicyclic) bond motifs is 5. The number of benzene rings is 4. The zero-order valence-electron chi connectivity index (χ0n) is 27.5. The molecule has 2 bridgehead atoms. The Hall–Kier alpha value is -7.56. The lowest BCUT2D eigenvalue weighted by molar-refractivity contribution is -0.284. The Morgan fingerprint density at radius 2 is 1.05 bits per heavy atom. The number of aromatic hydroxyl groups is 11. The fraction of sp³-hybridized carbons (Fsp3) is 0.176. The summed E-state index contributed by atoms with van der Waals surface area (Å²) in [6.45, 7) is -1.03. The van der Waals surface area contributed by atoms with Crippen molar-refractivity contribution in [2.24, 2.45) is 0 Å². The van der Waals surface area contributed by atoms with Crippen molar-refractivity contribution in [3.63, 3.8) is 0 Å². The van der Waals surface area contributed by atoms with Gasteiger partial charge in [0.2, 0.25) is 17.8 Å². The molecule has 0 amide bonds. The molecule has 22 nitrogen and oxygen atoms in total. The summed E-state index contributed by atoms with van der Waals surface area (Å²) in [5.74, 6) is -20.0. The molecular formula is C34H26O22. The van der Waals surface area contributed by atoms with Crippen molar-refractivity contribution < 1.29 is 109 Å². The Morgan fingerprint density at radius 1 is 0.571 bits per heavy atom. The number of esters is 4. The van der Waals surface area contributed by atoms with Crippen molar-refractivity contribution in [1.29, 1.82) is 0 Å². The second kappa shape index (κ2) is 14.0. The van der Waals surface area contributed by atoms with E-state index in [1.807, 2.05) is 0 Å². The summed E-state index contributed by atoms with van der Waals surface area (Å²) < 4.78 is 26.1. The molecule has 2 unspecified atom stereocenters. The van der Waals surface area contributed by atoms with Crippen molar-refractivity contribution in [2.75, 3.05) is 6.61 Å². The molecule has 0 aliphatic carbocycles. The molecule has 4 aromatic rings. The van der Waals surface area contributed by atoms with Gasteiger partial charge in [0.25, 0.3) is 0 Å². The summed E-state index contributed by atoms with van der Waals surface area (Å²) in [6, 6.07) is 3.50. The van der Waals surface area contributed by atoms with Crippen molar-refractivity contribution in [3.8, 4) is 80.1 Å². The predicted octanol–water partition coefficient (Wildman–Crippen LogP) is 0.334. The van der Waals surface area contributed by atoms with E-state index in [1.165, 1.54) is 0 Å². The maximum Gasteiger partial charge on any atom is 0.343 e. The minimum atomic E-state index is -2.34. The molecule has 0 saturated carbocycles. The highest BCUT2D eigenvalue weighted by atomic mass is 16.7. The molecule has 5 atom stereocenters. The van der Waals surface area contributed by atoms with Gasteiger partial charge in [-0.3, -0.25) is 0 Å². The molecule has 0 aromatic heterocycles. The summed E-state index contributed by atoms with van der Waals surface area (Å²) in [5.41, 5.74) is -5.38. The topological polar surface area (TPSA) is 377 Å². The van der Waals surface area contributed by atoms with E-state index >= 15 is 0 Å². The number of cyclic esters (lactones) is 1. The van der Waals surface area contributed by atoms with Crippen LogP contribution in [0.3, 0.4) is 0 Å².